The molecule has 1 aliphatic rings. The minimum absolute atomic E-state index is 0.740. The third-order valence-corrected chi connectivity index (χ3v) is 3.73. The van der Waals surface area contributed by atoms with E-state index >= 15 is 0 Å². The van der Waals surface area contributed by atoms with E-state index in [-0.39, 0.29) is 0 Å². The van der Waals surface area contributed by atoms with Gasteiger partial charge in [0, 0.05) is 31.3 Å². The summed E-state index contributed by atoms with van der Waals surface area (Å²) in [5.41, 5.74) is 3.74. The van der Waals surface area contributed by atoms with Crippen LogP contribution in [0.5, 0.6) is 0 Å². The highest BCUT2D eigenvalue weighted by Gasteiger charge is 2.14. The number of rotatable bonds is 3. The van der Waals surface area contributed by atoms with E-state index in [1.807, 2.05) is 6.20 Å². The summed E-state index contributed by atoms with van der Waals surface area (Å²) in [6, 6.07) is 6.56. The Morgan fingerprint density at radius 1 is 1.33 bits per heavy atom. The van der Waals surface area contributed by atoms with Crippen LogP contribution in [0.15, 0.2) is 24.4 Å². The Balaban J connectivity index is 1.75. The summed E-state index contributed by atoms with van der Waals surface area (Å²) >= 11 is 0. The number of aromatic amines is 1. The first kappa shape index (κ1) is 11.6. The molecule has 2 N–H and O–H groups in total. The molecule has 1 saturated heterocycles. The molecule has 0 amide bonds. The van der Waals surface area contributed by atoms with Gasteiger partial charge in [-0.05, 0) is 49.4 Å². The van der Waals surface area contributed by atoms with Gasteiger partial charge >= 0.3 is 0 Å². The smallest absolute Gasteiger partial charge is 0.0689 e. The summed E-state index contributed by atoms with van der Waals surface area (Å²) in [5, 5.41) is 4.88. The monoisotopic (exact) mass is 244 g/mol. The Hall–Kier alpha value is -1.48. The van der Waals surface area contributed by atoms with Crippen LogP contribution in [0.1, 0.15) is 18.4 Å². The first-order valence-corrected chi connectivity index (χ1v) is 6.72. The average molecular weight is 244 g/mol. The molecule has 2 heterocycles. The lowest BCUT2D eigenvalue weighted by molar-refractivity contribution is 0.0699. The molecule has 2 aromatic rings. The normalized spacial score (nSPS) is 17.2. The number of benzene rings is 1. The van der Waals surface area contributed by atoms with E-state index in [2.05, 4.69) is 35.4 Å². The fourth-order valence-corrected chi connectivity index (χ4v) is 2.67. The van der Waals surface area contributed by atoms with Crippen LogP contribution in [-0.2, 0) is 4.74 Å². The van der Waals surface area contributed by atoms with Crippen LogP contribution in [0.3, 0.4) is 0 Å². The molecule has 18 heavy (non-hydrogen) atoms. The van der Waals surface area contributed by atoms with E-state index in [9.17, 15) is 0 Å². The molecule has 1 aromatic carbocycles. The summed E-state index contributed by atoms with van der Waals surface area (Å²) in [7, 11) is 0. The Bertz CT molecular complexity index is 526. The number of hydrogen-bond acceptors (Lipinski definition) is 2. The SMILES string of the molecule is Cc1cc(NCC2CCOCC2)c2[nH]ccc2c1. The van der Waals surface area contributed by atoms with E-state index in [0.717, 1.165) is 25.7 Å². The van der Waals surface area contributed by atoms with Gasteiger partial charge in [-0.3, -0.25) is 0 Å². The van der Waals surface area contributed by atoms with Gasteiger partial charge in [-0.2, -0.15) is 0 Å². The predicted molar refractivity (Wildman–Crippen MR) is 75.1 cm³/mol. The van der Waals surface area contributed by atoms with Crippen molar-refractivity contribution in [3.8, 4) is 0 Å². The third-order valence-electron chi connectivity index (χ3n) is 3.73. The van der Waals surface area contributed by atoms with Crippen molar-refractivity contribution in [2.75, 3.05) is 25.1 Å². The van der Waals surface area contributed by atoms with Crippen LogP contribution >= 0.6 is 0 Å². The Labute approximate surface area is 108 Å². The second-order valence-electron chi connectivity index (χ2n) is 5.19. The number of ether oxygens (including phenoxy) is 1. The minimum Gasteiger partial charge on any atom is -0.383 e. The lowest BCUT2D eigenvalue weighted by atomic mass is 10.0. The molecule has 0 aliphatic carbocycles. The molecule has 1 fully saturated rings. The zero-order valence-corrected chi connectivity index (χ0v) is 10.8. The lowest BCUT2D eigenvalue weighted by Crippen LogP contribution is -2.22. The third kappa shape index (κ3) is 2.36. The van der Waals surface area contributed by atoms with E-state index in [1.165, 1.54) is 35.0 Å². The quantitative estimate of drug-likeness (QED) is 0.869. The number of aromatic nitrogens is 1. The topological polar surface area (TPSA) is 37.0 Å². The summed E-state index contributed by atoms with van der Waals surface area (Å²) in [6.07, 6.45) is 4.35. The van der Waals surface area contributed by atoms with Gasteiger partial charge in [-0.25, -0.2) is 0 Å². The van der Waals surface area contributed by atoms with Gasteiger partial charge in [0.1, 0.15) is 0 Å². The number of nitrogens with one attached hydrogen (secondary N) is 2. The maximum absolute atomic E-state index is 5.39. The zero-order valence-electron chi connectivity index (χ0n) is 10.8. The van der Waals surface area contributed by atoms with Crippen molar-refractivity contribution in [2.24, 2.45) is 5.92 Å². The van der Waals surface area contributed by atoms with Gasteiger partial charge < -0.3 is 15.0 Å². The molecule has 0 atom stereocenters. The molecule has 3 rings (SSSR count). The molecule has 1 aromatic heterocycles. The first-order valence-electron chi connectivity index (χ1n) is 6.72. The predicted octanol–water partition coefficient (Wildman–Crippen LogP) is 3.31. The zero-order chi connectivity index (χ0) is 12.4. The van der Waals surface area contributed by atoms with Gasteiger partial charge in [0.05, 0.1) is 11.2 Å². The van der Waals surface area contributed by atoms with Gasteiger partial charge in [0.2, 0.25) is 0 Å². The van der Waals surface area contributed by atoms with E-state index in [4.69, 9.17) is 4.74 Å². The Morgan fingerprint density at radius 3 is 3.00 bits per heavy atom. The highest BCUT2D eigenvalue weighted by atomic mass is 16.5. The van der Waals surface area contributed by atoms with Crippen LogP contribution < -0.4 is 5.32 Å². The van der Waals surface area contributed by atoms with Crippen LogP contribution in [0.2, 0.25) is 0 Å². The van der Waals surface area contributed by atoms with E-state index in [1.54, 1.807) is 0 Å². The van der Waals surface area contributed by atoms with Crippen molar-refractivity contribution in [3.05, 3.63) is 30.0 Å². The van der Waals surface area contributed by atoms with Crippen molar-refractivity contribution < 1.29 is 4.74 Å². The Kier molecular flexibility index (Phi) is 3.24. The van der Waals surface area contributed by atoms with Gasteiger partial charge in [0.25, 0.3) is 0 Å². The van der Waals surface area contributed by atoms with Gasteiger partial charge in [-0.15, -0.1) is 0 Å². The molecule has 3 nitrogen and oxygen atoms in total. The molecular formula is C15H20N2O. The number of H-pyrrole nitrogens is 1. The number of fused-ring (bicyclic) bond motifs is 1. The van der Waals surface area contributed by atoms with Gasteiger partial charge in [0.15, 0.2) is 0 Å². The average Bonchev–Trinajstić information content (AvgIpc) is 2.85. The maximum atomic E-state index is 5.39. The van der Waals surface area contributed by atoms with Crippen molar-refractivity contribution >= 4 is 16.6 Å². The van der Waals surface area contributed by atoms with Crippen LogP contribution in [0.25, 0.3) is 10.9 Å². The molecule has 0 bridgehead atoms. The second-order valence-corrected chi connectivity index (χ2v) is 5.19. The van der Waals surface area contributed by atoms with Crippen LogP contribution in [-0.4, -0.2) is 24.7 Å². The molecule has 0 saturated carbocycles. The number of aryl methyl sites for hydroxylation is 1. The van der Waals surface area contributed by atoms with E-state index < -0.39 is 0 Å². The van der Waals surface area contributed by atoms with Crippen LogP contribution in [0, 0.1) is 12.8 Å². The first-order chi connectivity index (χ1) is 8.83. The van der Waals surface area contributed by atoms with Crippen LogP contribution in [0.4, 0.5) is 5.69 Å². The molecule has 96 valence electrons. The molecule has 1 aliphatic heterocycles. The summed E-state index contributed by atoms with van der Waals surface area (Å²) in [5.74, 6) is 0.740. The fraction of sp³-hybridized carbons (Fsp3) is 0.467. The molecule has 3 heteroatoms. The molecule has 0 radical (unpaired) electrons. The number of hydrogen-bond donors (Lipinski definition) is 2. The van der Waals surface area contributed by atoms with Crippen molar-refractivity contribution in [1.82, 2.24) is 4.98 Å². The minimum atomic E-state index is 0.740. The Morgan fingerprint density at radius 2 is 2.17 bits per heavy atom. The molecular weight excluding hydrogens is 224 g/mol. The summed E-state index contributed by atoms with van der Waals surface area (Å²) < 4.78 is 5.39. The molecule has 0 spiro atoms. The van der Waals surface area contributed by atoms with Crippen molar-refractivity contribution in [1.29, 1.82) is 0 Å². The molecule has 0 unspecified atom stereocenters. The summed E-state index contributed by atoms with van der Waals surface area (Å²) in [6.45, 7) is 5.02. The second kappa shape index (κ2) is 5.02. The highest BCUT2D eigenvalue weighted by Crippen LogP contribution is 2.25. The largest absolute Gasteiger partial charge is 0.383 e. The fourth-order valence-electron chi connectivity index (χ4n) is 2.67. The summed E-state index contributed by atoms with van der Waals surface area (Å²) in [4.78, 5) is 3.32. The van der Waals surface area contributed by atoms with Gasteiger partial charge in [-0.1, -0.05) is 0 Å². The van der Waals surface area contributed by atoms with E-state index in [0.29, 0.717) is 0 Å². The standard InChI is InChI=1S/C15H20N2O/c1-11-8-13-2-5-16-15(13)14(9-11)17-10-12-3-6-18-7-4-12/h2,5,8-9,12,16-17H,3-4,6-7,10H2,1H3. The maximum Gasteiger partial charge on any atom is 0.0689 e. The highest BCUT2D eigenvalue weighted by molar-refractivity contribution is 5.91. The van der Waals surface area contributed by atoms with Crippen molar-refractivity contribution in [3.63, 3.8) is 0 Å². The lowest BCUT2D eigenvalue weighted by Gasteiger charge is -2.23. The number of anilines is 1. The van der Waals surface area contributed by atoms with Crippen molar-refractivity contribution in [2.45, 2.75) is 19.8 Å².